The largest absolute Gasteiger partial charge is 0.352 e. The lowest BCUT2D eigenvalue weighted by Crippen LogP contribution is -2.49. The molecule has 1 aromatic heterocycles. The quantitative estimate of drug-likeness (QED) is 0.393. The van der Waals surface area contributed by atoms with E-state index in [0.29, 0.717) is 16.1 Å². The van der Waals surface area contributed by atoms with Crippen LogP contribution in [0.1, 0.15) is 65.5 Å². The molecule has 30 heavy (non-hydrogen) atoms. The standard InChI is InChI=1S/C22H24Cl3N3OS/c1-21(2,3)14-10-8-13(9-11-14)18(29)27-20(22(23,24)25)28-19-16(12-26)15-6-4-5-7-17(15)30-19/h8-11,20,28H,4-7H2,1-3H3,(H,27,29). The Labute approximate surface area is 196 Å². The monoisotopic (exact) mass is 483 g/mol. The second kappa shape index (κ2) is 8.96. The summed E-state index contributed by atoms with van der Waals surface area (Å²) in [4.78, 5) is 14.0. The molecule has 8 heteroatoms. The third kappa shape index (κ3) is 5.23. The van der Waals surface area contributed by atoms with E-state index in [4.69, 9.17) is 34.8 Å². The molecule has 1 aliphatic rings. The van der Waals surface area contributed by atoms with Gasteiger partial charge in [-0.25, -0.2) is 0 Å². The number of anilines is 1. The van der Waals surface area contributed by atoms with E-state index in [1.807, 2.05) is 12.1 Å². The van der Waals surface area contributed by atoms with Crippen molar-refractivity contribution < 1.29 is 4.79 Å². The molecule has 1 aliphatic carbocycles. The third-order valence-electron chi connectivity index (χ3n) is 5.17. The zero-order valence-corrected chi connectivity index (χ0v) is 20.2. The van der Waals surface area contributed by atoms with E-state index >= 15 is 0 Å². The summed E-state index contributed by atoms with van der Waals surface area (Å²) in [6, 6.07) is 9.64. The Hall–Kier alpha value is -1.45. The van der Waals surface area contributed by atoms with Gasteiger partial charge in [-0.2, -0.15) is 5.26 Å². The number of nitrogens with one attached hydrogen (secondary N) is 2. The van der Waals surface area contributed by atoms with Crippen molar-refractivity contribution in [2.75, 3.05) is 5.32 Å². The number of fused-ring (bicyclic) bond motifs is 1. The third-order valence-corrected chi connectivity index (χ3v) is 7.05. The molecule has 0 radical (unpaired) electrons. The van der Waals surface area contributed by atoms with E-state index in [9.17, 15) is 10.1 Å². The molecule has 0 bridgehead atoms. The molecule has 0 spiro atoms. The number of hydrogen-bond acceptors (Lipinski definition) is 4. The van der Waals surface area contributed by atoms with Gasteiger partial charge >= 0.3 is 0 Å². The number of nitrogens with zero attached hydrogens (tertiary/aromatic N) is 1. The highest BCUT2D eigenvalue weighted by atomic mass is 35.6. The topological polar surface area (TPSA) is 64.9 Å². The van der Waals surface area contributed by atoms with Crippen LogP contribution in [-0.4, -0.2) is 15.9 Å². The van der Waals surface area contributed by atoms with Crippen LogP contribution in [0.2, 0.25) is 0 Å². The summed E-state index contributed by atoms with van der Waals surface area (Å²) in [7, 11) is 0. The maximum Gasteiger partial charge on any atom is 0.252 e. The summed E-state index contributed by atoms with van der Waals surface area (Å²) in [5, 5.41) is 16.2. The molecular formula is C22H24Cl3N3OS. The normalized spacial score (nSPS) is 15.1. The van der Waals surface area contributed by atoms with Gasteiger partial charge in [0.05, 0.1) is 5.56 Å². The molecule has 0 aliphatic heterocycles. The first-order chi connectivity index (χ1) is 14.0. The van der Waals surface area contributed by atoms with Gasteiger partial charge in [0.1, 0.15) is 17.2 Å². The fraction of sp³-hybridized carbons (Fsp3) is 0.455. The molecule has 160 valence electrons. The number of amides is 1. The number of alkyl halides is 3. The molecule has 1 aromatic carbocycles. The molecule has 1 atom stereocenters. The molecule has 2 aromatic rings. The maximum absolute atomic E-state index is 12.8. The van der Waals surface area contributed by atoms with Gasteiger partial charge in [-0.15, -0.1) is 11.3 Å². The van der Waals surface area contributed by atoms with Crippen LogP contribution in [0.3, 0.4) is 0 Å². The van der Waals surface area contributed by atoms with Crippen molar-refractivity contribution >= 4 is 57.0 Å². The van der Waals surface area contributed by atoms with Gasteiger partial charge in [-0.1, -0.05) is 67.7 Å². The predicted molar refractivity (Wildman–Crippen MR) is 126 cm³/mol. The van der Waals surface area contributed by atoms with Crippen LogP contribution < -0.4 is 10.6 Å². The number of nitriles is 1. The average Bonchev–Trinajstić information content (AvgIpc) is 3.03. The van der Waals surface area contributed by atoms with Crippen LogP contribution in [0.15, 0.2) is 24.3 Å². The summed E-state index contributed by atoms with van der Waals surface area (Å²) in [5.74, 6) is -0.362. The molecule has 1 unspecified atom stereocenters. The predicted octanol–water partition coefficient (Wildman–Crippen LogP) is 6.33. The SMILES string of the molecule is CC(C)(C)c1ccc(C(=O)NC(Nc2sc3c(c2C#N)CCCC3)C(Cl)(Cl)Cl)cc1. The minimum absolute atomic E-state index is 0.0113. The van der Waals surface area contributed by atoms with E-state index < -0.39 is 9.96 Å². The molecular weight excluding hydrogens is 461 g/mol. The van der Waals surface area contributed by atoms with Crippen LogP contribution in [0.4, 0.5) is 5.00 Å². The molecule has 0 fully saturated rings. The van der Waals surface area contributed by atoms with Crippen LogP contribution in [0.25, 0.3) is 0 Å². The van der Waals surface area contributed by atoms with Crippen LogP contribution >= 0.6 is 46.1 Å². The zero-order valence-electron chi connectivity index (χ0n) is 17.1. The summed E-state index contributed by atoms with van der Waals surface area (Å²) < 4.78 is -1.81. The summed E-state index contributed by atoms with van der Waals surface area (Å²) in [6.45, 7) is 6.33. The van der Waals surface area contributed by atoms with Crippen molar-refractivity contribution in [1.82, 2.24) is 5.32 Å². The van der Waals surface area contributed by atoms with E-state index in [2.05, 4.69) is 37.5 Å². The van der Waals surface area contributed by atoms with E-state index in [-0.39, 0.29) is 11.3 Å². The van der Waals surface area contributed by atoms with Gasteiger partial charge in [-0.3, -0.25) is 4.79 Å². The molecule has 1 heterocycles. The highest BCUT2D eigenvalue weighted by Gasteiger charge is 2.36. The van der Waals surface area contributed by atoms with Gasteiger partial charge in [0.15, 0.2) is 0 Å². The van der Waals surface area contributed by atoms with Crippen molar-refractivity contribution in [2.45, 2.75) is 61.8 Å². The molecule has 3 rings (SSSR count). The second-order valence-corrected chi connectivity index (χ2v) is 11.9. The molecule has 0 saturated carbocycles. The van der Waals surface area contributed by atoms with E-state index in [0.717, 1.165) is 36.8 Å². The minimum Gasteiger partial charge on any atom is -0.352 e. The van der Waals surface area contributed by atoms with Crippen LogP contribution in [0.5, 0.6) is 0 Å². The maximum atomic E-state index is 12.8. The lowest BCUT2D eigenvalue weighted by Gasteiger charge is -2.27. The van der Waals surface area contributed by atoms with Crippen molar-refractivity contribution in [3.8, 4) is 6.07 Å². The number of benzene rings is 1. The fourth-order valence-corrected chi connectivity index (χ4v) is 5.05. The van der Waals surface area contributed by atoms with Gasteiger partial charge in [-0.05, 0) is 54.4 Å². The Morgan fingerprint density at radius 3 is 2.33 bits per heavy atom. The van der Waals surface area contributed by atoms with Crippen molar-refractivity contribution in [1.29, 1.82) is 5.26 Å². The van der Waals surface area contributed by atoms with Crippen molar-refractivity contribution in [3.63, 3.8) is 0 Å². The smallest absolute Gasteiger partial charge is 0.252 e. The number of hydrogen-bond donors (Lipinski definition) is 2. The highest BCUT2D eigenvalue weighted by molar-refractivity contribution is 7.16. The lowest BCUT2D eigenvalue weighted by molar-refractivity contribution is 0.0942. The van der Waals surface area contributed by atoms with Crippen molar-refractivity contribution in [2.24, 2.45) is 0 Å². The Balaban J connectivity index is 1.82. The van der Waals surface area contributed by atoms with Crippen LogP contribution in [-0.2, 0) is 18.3 Å². The van der Waals surface area contributed by atoms with E-state index in [1.165, 1.54) is 16.2 Å². The number of thiophene rings is 1. The molecule has 1 amide bonds. The first-order valence-corrected chi connectivity index (χ1v) is 11.7. The fourth-order valence-electron chi connectivity index (χ4n) is 3.45. The number of aryl methyl sites for hydroxylation is 1. The number of carbonyl (C=O) groups is 1. The summed E-state index contributed by atoms with van der Waals surface area (Å²) in [5.41, 5.74) is 3.23. The van der Waals surface area contributed by atoms with E-state index in [1.54, 1.807) is 12.1 Å². The lowest BCUT2D eigenvalue weighted by atomic mass is 9.87. The summed E-state index contributed by atoms with van der Waals surface area (Å²) in [6.07, 6.45) is 2.99. The van der Waals surface area contributed by atoms with Crippen molar-refractivity contribution in [3.05, 3.63) is 51.4 Å². The first kappa shape index (κ1) is 23.2. The minimum atomic E-state index is -1.81. The summed E-state index contributed by atoms with van der Waals surface area (Å²) >= 11 is 20.0. The Morgan fingerprint density at radius 2 is 1.77 bits per heavy atom. The Morgan fingerprint density at radius 1 is 1.13 bits per heavy atom. The highest BCUT2D eigenvalue weighted by Crippen LogP contribution is 2.40. The number of halogens is 3. The average molecular weight is 485 g/mol. The second-order valence-electron chi connectivity index (χ2n) is 8.45. The number of rotatable bonds is 4. The molecule has 0 saturated heterocycles. The zero-order chi connectivity index (χ0) is 22.1. The van der Waals surface area contributed by atoms with Gasteiger partial charge < -0.3 is 10.6 Å². The molecule has 4 nitrogen and oxygen atoms in total. The van der Waals surface area contributed by atoms with Gasteiger partial charge in [0.25, 0.3) is 5.91 Å². The Kier molecular flexibility index (Phi) is 6.94. The van der Waals surface area contributed by atoms with Gasteiger partial charge in [0, 0.05) is 10.4 Å². The molecule has 2 N–H and O–H groups in total. The Bertz CT molecular complexity index is 966. The van der Waals surface area contributed by atoms with Gasteiger partial charge in [0.2, 0.25) is 3.79 Å². The first-order valence-electron chi connectivity index (χ1n) is 9.80. The van der Waals surface area contributed by atoms with Crippen LogP contribution in [0, 0.1) is 11.3 Å². The number of carbonyl (C=O) groups excluding carboxylic acids is 1.